The molecule has 0 N–H and O–H groups in total. The number of nitrogens with zero attached hydrogens (tertiary/aromatic N) is 5. The maximum absolute atomic E-state index is 5.24. The molecule has 0 radical (unpaired) electrons. The van der Waals surface area contributed by atoms with E-state index in [1.165, 1.54) is 12.1 Å². The molecule has 0 aliphatic carbocycles. The van der Waals surface area contributed by atoms with Crippen molar-refractivity contribution in [1.29, 1.82) is 0 Å². The van der Waals surface area contributed by atoms with Gasteiger partial charge in [-0.25, -0.2) is 4.98 Å². The first-order valence-corrected chi connectivity index (χ1v) is 9.46. The Morgan fingerprint density at radius 1 is 1.38 bits per heavy atom. The summed E-state index contributed by atoms with van der Waals surface area (Å²) >= 11 is 1.70. The van der Waals surface area contributed by atoms with Gasteiger partial charge in [-0.3, -0.25) is 14.5 Å². The fraction of sp³-hybridized carbons (Fsp3) is 0.647. The number of aromatic nitrogens is 3. The Bertz CT molecular complexity index is 640. The van der Waals surface area contributed by atoms with Gasteiger partial charge < -0.3 is 4.74 Å². The maximum atomic E-state index is 5.24. The molecule has 0 bridgehead atoms. The first-order chi connectivity index (χ1) is 11.7. The third kappa shape index (κ3) is 4.22. The first-order valence-electron chi connectivity index (χ1n) is 8.58. The van der Waals surface area contributed by atoms with Crippen molar-refractivity contribution in [3.63, 3.8) is 0 Å². The molecule has 132 valence electrons. The van der Waals surface area contributed by atoms with E-state index in [2.05, 4.69) is 27.2 Å². The van der Waals surface area contributed by atoms with Crippen LogP contribution in [0.2, 0.25) is 0 Å². The van der Waals surface area contributed by atoms with Crippen LogP contribution in [0.25, 0.3) is 10.6 Å². The molecule has 0 spiro atoms. The molecule has 1 atom stereocenters. The third-order valence-corrected chi connectivity index (χ3v) is 5.57. The van der Waals surface area contributed by atoms with Crippen LogP contribution in [0.15, 0.2) is 17.8 Å². The molecular formula is C17H27N5OS. The fourth-order valence-corrected chi connectivity index (χ4v) is 4.05. The zero-order valence-corrected chi connectivity index (χ0v) is 15.6. The Morgan fingerprint density at radius 2 is 2.25 bits per heavy atom. The molecule has 7 heteroatoms. The predicted molar refractivity (Wildman–Crippen MR) is 97.1 cm³/mol. The summed E-state index contributed by atoms with van der Waals surface area (Å²) in [5.74, 6) is 0. The fourth-order valence-electron chi connectivity index (χ4n) is 3.26. The average Bonchev–Trinajstić information content (AvgIpc) is 3.22. The van der Waals surface area contributed by atoms with Crippen LogP contribution in [0, 0.1) is 0 Å². The van der Waals surface area contributed by atoms with Gasteiger partial charge in [-0.1, -0.05) is 6.92 Å². The summed E-state index contributed by atoms with van der Waals surface area (Å²) in [6, 6.07) is 0.616. The first kappa shape index (κ1) is 17.5. The van der Waals surface area contributed by atoms with Gasteiger partial charge in [0.1, 0.15) is 5.01 Å². The van der Waals surface area contributed by atoms with E-state index in [-0.39, 0.29) is 0 Å². The lowest BCUT2D eigenvalue weighted by molar-refractivity contribution is 0.0461. The Hall–Kier alpha value is -1.28. The van der Waals surface area contributed by atoms with Crippen molar-refractivity contribution in [3.8, 4) is 10.6 Å². The second kappa shape index (κ2) is 8.20. The van der Waals surface area contributed by atoms with E-state index in [4.69, 9.17) is 9.72 Å². The van der Waals surface area contributed by atoms with Crippen molar-refractivity contribution >= 4 is 11.3 Å². The number of hydrogen-bond acceptors (Lipinski definition) is 6. The van der Waals surface area contributed by atoms with E-state index in [1.807, 2.05) is 24.1 Å². The normalized spacial score (nSPS) is 19.9. The van der Waals surface area contributed by atoms with E-state index in [9.17, 15) is 0 Å². The van der Waals surface area contributed by atoms with Crippen LogP contribution in [0.1, 0.15) is 19.0 Å². The molecule has 1 aliphatic rings. The lowest BCUT2D eigenvalue weighted by Crippen LogP contribution is -2.53. The van der Waals surface area contributed by atoms with Crippen molar-refractivity contribution in [2.75, 3.05) is 39.9 Å². The van der Waals surface area contributed by atoms with Crippen LogP contribution in [-0.2, 0) is 18.3 Å². The molecule has 1 fully saturated rings. The quantitative estimate of drug-likeness (QED) is 0.766. The van der Waals surface area contributed by atoms with E-state index in [1.54, 1.807) is 18.4 Å². The number of methoxy groups -OCH3 is 1. The topological polar surface area (TPSA) is 46.4 Å². The largest absolute Gasteiger partial charge is 0.383 e. The van der Waals surface area contributed by atoms with Crippen molar-refractivity contribution in [3.05, 3.63) is 23.5 Å². The SMILES string of the molecule is CC[C@@H]1CN(Cc2csc(-c3cnn(C)c3)n2)CCN1CCOC. The van der Waals surface area contributed by atoms with E-state index >= 15 is 0 Å². The number of hydrogen-bond donors (Lipinski definition) is 0. The molecule has 1 saturated heterocycles. The summed E-state index contributed by atoms with van der Waals surface area (Å²) in [6.45, 7) is 8.38. The van der Waals surface area contributed by atoms with Gasteiger partial charge >= 0.3 is 0 Å². The molecular weight excluding hydrogens is 322 g/mol. The predicted octanol–water partition coefficient (Wildman–Crippen LogP) is 2.09. The highest BCUT2D eigenvalue weighted by molar-refractivity contribution is 7.13. The highest BCUT2D eigenvalue weighted by Gasteiger charge is 2.25. The molecule has 3 rings (SSSR count). The average molecular weight is 350 g/mol. The number of ether oxygens (including phenoxy) is 1. The van der Waals surface area contributed by atoms with E-state index in [0.717, 1.165) is 49.9 Å². The highest BCUT2D eigenvalue weighted by Crippen LogP contribution is 2.24. The van der Waals surface area contributed by atoms with Gasteiger partial charge in [-0.15, -0.1) is 11.3 Å². The van der Waals surface area contributed by atoms with E-state index < -0.39 is 0 Å². The summed E-state index contributed by atoms with van der Waals surface area (Å²) in [4.78, 5) is 9.88. The summed E-state index contributed by atoms with van der Waals surface area (Å²) in [7, 11) is 3.71. The minimum absolute atomic E-state index is 0.616. The molecule has 0 unspecified atom stereocenters. The van der Waals surface area contributed by atoms with Crippen LogP contribution in [0.4, 0.5) is 0 Å². The smallest absolute Gasteiger partial charge is 0.126 e. The van der Waals surface area contributed by atoms with Gasteiger partial charge in [0.05, 0.1) is 18.5 Å². The molecule has 6 nitrogen and oxygen atoms in total. The molecule has 0 saturated carbocycles. The zero-order valence-electron chi connectivity index (χ0n) is 14.8. The van der Waals surface area contributed by atoms with Gasteiger partial charge in [0.2, 0.25) is 0 Å². The Labute approximate surface area is 148 Å². The van der Waals surface area contributed by atoms with Gasteiger partial charge in [0, 0.05) is 70.1 Å². The number of rotatable bonds is 7. The van der Waals surface area contributed by atoms with Crippen LogP contribution in [0.5, 0.6) is 0 Å². The van der Waals surface area contributed by atoms with Crippen molar-refractivity contribution in [1.82, 2.24) is 24.6 Å². The number of piperazine rings is 1. The monoisotopic (exact) mass is 349 g/mol. The Balaban J connectivity index is 1.58. The lowest BCUT2D eigenvalue weighted by atomic mass is 10.1. The number of aryl methyl sites for hydroxylation is 1. The molecule has 2 aromatic rings. The van der Waals surface area contributed by atoms with Crippen LogP contribution < -0.4 is 0 Å². The standard InChI is InChI=1S/C17H27N5OS/c1-4-16-12-21(5-6-22(16)7-8-23-3)11-15-13-24-17(19-15)14-9-18-20(2)10-14/h9-10,13,16H,4-8,11-12H2,1-3H3/t16-/m1/s1. The summed E-state index contributed by atoms with van der Waals surface area (Å²) in [6.07, 6.45) is 5.08. The number of thiazole rings is 1. The summed E-state index contributed by atoms with van der Waals surface area (Å²) < 4.78 is 7.06. The minimum atomic E-state index is 0.616. The summed E-state index contributed by atoms with van der Waals surface area (Å²) in [5, 5.41) is 7.47. The Morgan fingerprint density at radius 3 is 2.96 bits per heavy atom. The van der Waals surface area contributed by atoms with Gasteiger partial charge in [-0.2, -0.15) is 5.10 Å². The van der Waals surface area contributed by atoms with Crippen LogP contribution >= 0.6 is 11.3 Å². The second-order valence-corrected chi connectivity index (χ2v) is 7.23. The van der Waals surface area contributed by atoms with Crippen molar-refractivity contribution < 1.29 is 4.74 Å². The molecule has 0 amide bonds. The summed E-state index contributed by atoms with van der Waals surface area (Å²) in [5.41, 5.74) is 2.27. The maximum Gasteiger partial charge on any atom is 0.126 e. The second-order valence-electron chi connectivity index (χ2n) is 6.37. The minimum Gasteiger partial charge on any atom is -0.383 e. The van der Waals surface area contributed by atoms with E-state index in [0.29, 0.717) is 6.04 Å². The van der Waals surface area contributed by atoms with Gasteiger partial charge in [0.25, 0.3) is 0 Å². The van der Waals surface area contributed by atoms with Crippen molar-refractivity contribution in [2.45, 2.75) is 25.9 Å². The van der Waals surface area contributed by atoms with Crippen LogP contribution in [-0.4, -0.2) is 70.5 Å². The van der Waals surface area contributed by atoms with Gasteiger partial charge in [0.15, 0.2) is 0 Å². The van der Waals surface area contributed by atoms with Crippen LogP contribution in [0.3, 0.4) is 0 Å². The Kier molecular flexibility index (Phi) is 5.99. The molecule has 3 heterocycles. The molecule has 0 aromatic carbocycles. The third-order valence-electron chi connectivity index (χ3n) is 4.63. The molecule has 24 heavy (non-hydrogen) atoms. The van der Waals surface area contributed by atoms with Gasteiger partial charge in [-0.05, 0) is 6.42 Å². The molecule has 1 aliphatic heterocycles. The highest BCUT2D eigenvalue weighted by atomic mass is 32.1. The van der Waals surface area contributed by atoms with Crippen molar-refractivity contribution in [2.24, 2.45) is 7.05 Å². The zero-order chi connectivity index (χ0) is 16.9. The lowest BCUT2D eigenvalue weighted by Gasteiger charge is -2.40. The molecule has 2 aromatic heterocycles.